The lowest BCUT2D eigenvalue weighted by Gasteiger charge is -2.09. The second kappa shape index (κ2) is 4.98. The SMILES string of the molecule is Cl.FC(F)(F)Oc1ccc2nccc(Cl)c2c1. The first kappa shape index (κ1) is 13.9. The molecule has 0 N–H and O–H groups in total. The van der Waals surface area contributed by atoms with E-state index in [1.165, 1.54) is 30.5 Å². The van der Waals surface area contributed by atoms with E-state index >= 15 is 0 Å². The van der Waals surface area contributed by atoms with Crippen molar-refractivity contribution in [3.8, 4) is 5.75 Å². The van der Waals surface area contributed by atoms with Crippen molar-refractivity contribution in [1.82, 2.24) is 4.98 Å². The van der Waals surface area contributed by atoms with Crippen LogP contribution < -0.4 is 4.74 Å². The number of pyridine rings is 1. The Hall–Kier alpha value is -1.20. The summed E-state index contributed by atoms with van der Waals surface area (Å²) in [5, 5.41) is 0.753. The van der Waals surface area contributed by atoms with Crippen molar-refractivity contribution in [2.45, 2.75) is 6.36 Å². The van der Waals surface area contributed by atoms with Gasteiger partial charge in [-0.1, -0.05) is 11.6 Å². The molecule has 92 valence electrons. The van der Waals surface area contributed by atoms with Gasteiger partial charge in [-0.25, -0.2) is 0 Å². The minimum Gasteiger partial charge on any atom is -0.406 e. The summed E-state index contributed by atoms with van der Waals surface area (Å²) in [5.41, 5.74) is 0.516. The average Bonchev–Trinajstić information content (AvgIpc) is 2.17. The van der Waals surface area contributed by atoms with E-state index in [1.807, 2.05) is 0 Å². The summed E-state index contributed by atoms with van der Waals surface area (Å²) in [6, 6.07) is 5.32. The molecule has 0 unspecified atom stereocenters. The number of nitrogens with zero attached hydrogens (tertiary/aromatic N) is 1. The Labute approximate surface area is 106 Å². The molecule has 0 saturated heterocycles. The molecule has 0 aliphatic heterocycles. The largest absolute Gasteiger partial charge is 0.573 e. The fourth-order valence-electron chi connectivity index (χ4n) is 1.29. The maximum absolute atomic E-state index is 12.0. The molecule has 1 aromatic carbocycles. The van der Waals surface area contributed by atoms with E-state index in [9.17, 15) is 13.2 Å². The van der Waals surface area contributed by atoms with E-state index in [0.29, 0.717) is 15.9 Å². The Morgan fingerprint density at radius 1 is 1.18 bits per heavy atom. The number of ether oxygens (including phenoxy) is 1. The number of hydrogen-bond acceptors (Lipinski definition) is 2. The van der Waals surface area contributed by atoms with Gasteiger partial charge in [0.15, 0.2) is 0 Å². The molecule has 0 amide bonds. The molecule has 0 fully saturated rings. The predicted octanol–water partition coefficient (Wildman–Crippen LogP) is 4.21. The first-order valence-electron chi connectivity index (χ1n) is 4.26. The van der Waals surface area contributed by atoms with Gasteiger partial charge >= 0.3 is 6.36 Å². The van der Waals surface area contributed by atoms with E-state index in [2.05, 4.69) is 9.72 Å². The van der Waals surface area contributed by atoms with Crippen molar-refractivity contribution < 1.29 is 17.9 Å². The predicted molar refractivity (Wildman–Crippen MR) is 60.7 cm³/mol. The monoisotopic (exact) mass is 283 g/mol. The number of aromatic nitrogens is 1. The Balaban J connectivity index is 0.00000144. The Bertz CT molecular complexity index is 530. The lowest BCUT2D eigenvalue weighted by Crippen LogP contribution is -2.17. The van der Waals surface area contributed by atoms with Gasteiger partial charge in [0.2, 0.25) is 0 Å². The van der Waals surface area contributed by atoms with Gasteiger partial charge in [0.1, 0.15) is 5.75 Å². The van der Waals surface area contributed by atoms with Gasteiger partial charge in [-0.05, 0) is 24.3 Å². The lowest BCUT2D eigenvalue weighted by atomic mass is 10.2. The molecule has 0 bridgehead atoms. The summed E-state index contributed by atoms with van der Waals surface area (Å²) in [7, 11) is 0. The van der Waals surface area contributed by atoms with Crippen LogP contribution >= 0.6 is 24.0 Å². The van der Waals surface area contributed by atoms with Crippen molar-refractivity contribution in [1.29, 1.82) is 0 Å². The molecule has 0 atom stereocenters. The van der Waals surface area contributed by atoms with E-state index in [1.54, 1.807) is 0 Å². The van der Waals surface area contributed by atoms with Crippen LogP contribution in [0.15, 0.2) is 30.5 Å². The van der Waals surface area contributed by atoms with Crippen molar-refractivity contribution in [2.24, 2.45) is 0 Å². The smallest absolute Gasteiger partial charge is 0.406 e. The molecule has 0 spiro atoms. The molecule has 1 aromatic heterocycles. The minimum absolute atomic E-state index is 0. The quantitative estimate of drug-likeness (QED) is 0.782. The molecule has 17 heavy (non-hydrogen) atoms. The molecule has 2 aromatic rings. The number of benzene rings is 1. The molecule has 0 aliphatic rings. The number of rotatable bonds is 1. The molecule has 7 heteroatoms. The van der Waals surface area contributed by atoms with Crippen molar-refractivity contribution in [3.63, 3.8) is 0 Å². The van der Waals surface area contributed by atoms with Crippen molar-refractivity contribution in [3.05, 3.63) is 35.5 Å². The van der Waals surface area contributed by atoms with Crippen molar-refractivity contribution in [2.75, 3.05) is 0 Å². The van der Waals surface area contributed by atoms with E-state index in [0.717, 1.165) is 0 Å². The van der Waals surface area contributed by atoms with Crippen LogP contribution in [0.25, 0.3) is 10.9 Å². The third kappa shape index (κ3) is 3.38. The highest BCUT2D eigenvalue weighted by atomic mass is 35.5. The summed E-state index contributed by atoms with van der Waals surface area (Å²) >= 11 is 5.82. The second-order valence-corrected chi connectivity index (χ2v) is 3.43. The molecular weight excluding hydrogens is 278 g/mol. The van der Waals surface area contributed by atoms with Gasteiger partial charge in [-0.2, -0.15) is 0 Å². The number of halogens is 5. The van der Waals surface area contributed by atoms with Crippen LogP contribution in [0.3, 0.4) is 0 Å². The van der Waals surface area contributed by atoms with Gasteiger partial charge in [-0.15, -0.1) is 25.6 Å². The molecule has 0 saturated carbocycles. The Morgan fingerprint density at radius 3 is 2.53 bits per heavy atom. The van der Waals surface area contributed by atoms with Gasteiger partial charge in [0, 0.05) is 11.6 Å². The maximum atomic E-state index is 12.0. The standard InChI is InChI=1S/C10H5ClF3NO.ClH/c11-8-3-4-15-9-2-1-6(5-7(8)9)16-10(12,13)14;/h1-5H;1H. The first-order chi connectivity index (χ1) is 7.46. The van der Waals surface area contributed by atoms with Crippen LogP contribution in [-0.2, 0) is 0 Å². The third-order valence-corrected chi connectivity index (χ3v) is 2.22. The number of fused-ring (bicyclic) bond motifs is 1. The molecule has 1 heterocycles. The molecule has 0 radical (unpaired) electrons. The zero-order valence-electron chi connectivity index (χ0n) is 8.16. The van der Waals surface area contributed by atoms with Gasteiger partial charge in [-0.3, -0.25) is 4.98 Å². The van der Waals surface area contributed by atoms with E-state index < -0.39 is 6.36 Å². The lowest BCUT2D eigenvalue weighted by molar-refractivity contribution is -0.274. The van der Waals surface area contributed by atoms with E-state index in [4.69, 9.17) is 11.6 Å². The van der Waals surface area contributed by atoms with Crippen LogP contribution in [-0.4, -0.2) is 11.3 Å². The van der Waals surface area contributed by atoms with Crippen LogP contribution in [0.5, 0.6) is 5.75 Å². The fraction of sp³-hybridized carbons (Fsp3) is 0.100. The highest BCUT2D eigenvalue weighted by Gasteiger charge is 2.31. The highest BCUT2D eigenvalue weighted by molar-refractivity contribution is 6.35. The summed E-state index contributed by atoms with van der Waals surface area (Å²) in [4.78, 5) is 3.96. The molecule has 2 rings (SSSR count). The van der Waals surface area contributed by atoms with Gasteiger partial charge in [0.05, 0.1) is 10.5 Å². The van der Waals surface area contributed by atoms with Crippen molar-refractivity contribution >= 4 is 34.9 Å². The van der Waals surface area contributed by atoms with Crippen LogP contribution in [0.1, 0.15) is 0 Å². The molecular formula is C10H6Cl2F3NO. The third-order valence-electron chi connectivity index (χ3n) is 1.89. The van der Waals surface area contributed by atoms with Gasteiger partial charge in [0.25, 0.3) is 0 Å². The average molecular weight is 284 g/mol. The van der Waals surface area contributed by atoms with Gasteiger partial charge < -0.3 is 4.74 Å². The zero-order valence-corrected chi connectivity index (χ0v) is 9.73. The van der Waals surface area contributed by atoms with Crippen LogP contribution in [0.4, 0.5) is 13.2 Å². The molecule has 2 nitrogen and oxygen atoms in total. The minimum atomic E-state index is -4.71. The maximum Gasteiger partial charge on any atom is 0.573 e. The highest BCUT2D eigenvalue weighted by Crippen LogP contribution is 2.28. The normalized spacial score (nSPS) is 11.1. The summed E-state index contributed by atoms with van der Waals surface area (Å²) < 4.78 is 39.7. The van der Waals surface area contributed by atoms with Crippen LogP contribution in [0, 0.1) is 0 Å². The van der Waals surface area contributed by atoms with E-state index in [-0.39, 0.29) is 18.2 Å². The Kier molecular flexibility index (Phi) is 4.06. The first-order valence-corrected chi connectivity index (χ1v) is 4.63. The Morgan fingerprint density at radius 2 is 1.88 bits per heavy atom. The molecule has 0 aliphatic carbocycles. The summed E-state index contributed by atoms with van der Waals surface area (Å²) in [6.45, 7) is 0. The zero-order chi connectivity index (χ0) is 11.8. The topological polar surface area (TPSA) is 22.1 Å². The number of hydrogen-bond donors (Lipinski definition) is 0. The fourth-order valence-corrected chi connectivity index (χ4v) is 1.50. The number of alkyl halides is 3. The summed E-state index contributed by atoms with van der Waals surface area (Å²) in [5.74, 6) is -0.310. The second-order valence-electron chi connectivity index (χ2n) is 3.02. The van der Waals surface area contributed by atoms with Crippen LogP contribution in [0.2, 0.25) is 5.02 Å². The summed E-state index contributed by atoms with van der Waals surface area (Å²) in [6.07, 6.45) is -3.22.